The quantitative estimate of drug-likeness (QED) is 0.831. The van der Waals surface area contributed by atoms with Gasteiger partial charge < -0.3 is 14.6 Å². The molecule has 1 rings (SSSR count). The summed E-state index contributed by atoms with van der Waals surface area (Å²) in [5, 5.41) is 9.90. The van der Waals surface area contributed by atoms with E-state index in [1.54, 1.807) is 34.1 Å². The number of ether oxygens (including phenoxy) is 2. The second-order valence-electron chi connectivity index (χ2n) is 4.09. The molecule has 0 aliphatic heterocycles. The molecule has 1 aromatic carbocycles. The van der Waals surface area contributed by atoms with Crippen LogP contribution in [0.4, 0.5) is 0 Å². The number of aliphatic hydroxyl groups is 1. The van der Waals surface area contributed by atoms with Crippen molar-refractivity contribution in [1.29, 1.82) is 0 Å². The van der Waals surface area contributed by atoms with Crippen LogP contribution in [-0.2, 0) is 5.60 Å². The third kappa shape index (κ3) is 2.42. The summed E-state index contributed by atoms with van der Waals surface area (Å²) >= 11 is 0. The SMILES string of the molecule is COc1cc(C(C)(C)O)cc(C)c1OC. The van der Waals surface area contributed by atoms with Crippen molar-refractivity contribution in [2.24, 2.45) is 0 Å². The minimum absolute atomic E-state index is 0.648. The van der Waals surface area contributed by atoms with Crippen LogP contribution < -0.4 is 9.47 Å². The second kappa shape index (κ2) is 4.11. The largest absolute Gasteiger partial charge is 0.493 e. The van der Waals surface area contributed by atoms with Crippen molar-refractivity contribution in [2.45, 2.75) is 26.4 Å². The van der Waals surface area contributed by atoms with Crippen molar-refractivity contribution in [3.63, 3.8) is 0 Å². The first-order valence-electron chi connectivity index (χ1n) is 4.85. The van der Waals surface area contributed by atoms with Crippen LogP contribution in [0.2, 0.25) is 0 Å². The van der Waals surface area contributed by atoms with E-state index >= 15 is 0 Å². The first-order chi connectivity index (χ1) is 6.90. The molecule has 0 amide bonds. The van der Waals surface area contributed by atoms with E-state index < -0.39 is 5.60 Å². The highest BCUT2D eigenvalue weighted by atomic mass is 16.5. The molecule has 0 radical (unpaired) electrons. The smallest absolute Gasteiger partial charge is 0.163 e. The molecule has 0 bridgehead atoms. The van der Waals surface area contributed by atoms with E-state index in [0.717, 1.165) is 11.1 Å². The molecular formula is C12H18O3. The zero-order valence-corrected chi connectivity index (χ0v) is 9.92. The molecule has 0 heterocycles. The highest BCUT2D eigenvalue weighted by molar-refractivity contribution is 5.50. The predicted molar refractivity (Wildman–Crippen MR) is 59.5 cm³/mol. The van der Waals surface area contributed by atoms with Gasteiger partial charge in [0.05, 0.1) is 19.8 Å². The molecule has 1 aromatic rings. The van der Waals surface area contributed by atoms with Gasteiger partial charge in [-0.25, -0.2) is 0 Å². The van der Waals surface area contributed by atoms with E-state index in [2.05, 4.69) is 0 Å². The number of aryl methyl sites for hydroxylation is 1. The molecule has 1 N–H and O–H groups in total. The second-order valence-corrected chi connectivity index (χ2v) is 4.09. The maximum Gasteiger partial charge on any atom is 0.163 e. The molecule has 3 heteroatoms. The lowest BCUT2D eigenvalue weighted by Crippen LogP contribution is -2.16. The average molecular weight is 210 g/mol. The molecule has 0 aliphatic carbocycles. The Morgan fingerprint density at radius 1 is 1.13 bits per heavy atom. The van der Waals surface area contributed by atoms with Crippen LogP contribution >= 0.6 is 0 Å². The van der Waals surface area contributed by atoms with Crippen molar-refractivity contribution < 1.29 is 14.6 Å². The molecule has 0 aliphatic rings. The first-order valence-corrected chi connectivity index (χ1v) is 4.85. The normalized spacial score (nSPS) is 11.3. The van der Waals surface area contributed by atoms with Gasteiger partial charge in [-0.05, 0) is 44.0 Å². The Morgan fingerprint density at radius 2 is 1.73 bits per heavy atom. The van der Waals surface area contributed by atoms with Gasteiger partial charge in [0.1, 0.15) is 0 Å². The summed E-state index contributed by atoms with van der Waals surface area (Å²) in [5.74, 6) is 1.36. The van der Waals surface area contributed by atoms with E-state index in [1.807, 2.05) is 13.0 Å². The number of rotatable bonds is 3. The molecule has 0 spiro atoms. The lowest BCUT2D eigenvalue weighted by molar-refractivity contribution is 0.0782. The Morgan fingerprint density at radius 3 is 2.13 bits per heavy atom. The number of methoxy groups -OCH3 is 2. The van der Waals surface area contributed by atoms with Gasteiger partial charge in [-0.3, -0.25) is 0 Å². The van der Waals surface area contributed by atoms with Crippen LogP contribution in [0.1, 0.15) is 25.0 Å². The summed E-state index contributed by atoms with van der Waals surface area (Å²) in [6.45, 7) is 5.41. The van der Waals surface area contributed by atoms with Crippen molar-refractivity contribution in [3.05, 3.63) is 23.3 Å². The lowest BCUT2D eigenvalue weighted by atomic mass is 9.96. The van der Waals surface area contributed by atoms with Crippen LogP contribution in [0.5, 0.6) is 11.5 Å². The van der Waals surface area contributed by atoms with Crippen molar-refractivity contribution >= 4 is 0 Å². The molecule has 84 valence electrons. The number of hydrogen-bond donors (Lipinski definition) is 1. The monoisotopic (exact) mass is 210 g/mol. The molecular weight excluding hydrogens is 192 g/mol. The van der Waals surface area contributed by atoms with Crippen LogP contribution in [0.15, 0.2) is 12.1 Å². The minimum atomic E-state index is -0.871. The zero-order chi connectivity index (χ0) is 11.6. The Bertz CT molecular complexity index is 351. The number of hydrogen-bond acceptors (Lipinski definition) is 3. The van der Waals surface area contributed by atoms with Crippen LogP contribution in [0, 0.1) is 6.92 Å². The Hall–Kier alpha value is -1.22. The van der Waals surface area contributed by atoms with E-state index in [1.165, 1.54) is 0 Å². The lowest BCUT2D eigenvalue weighted by Gasteiger charge is -2.21. The molecule has 0 unspecified atom stereocenters. The predicted octanol–water partition coefficient (Wildman–Crippen LogP) is 2.24. The molecule has 0 aromatic heterocycles. The maximum absolute atomic E-state index is 9.90. The van der Waals surface area contributed by atoms with Gasteiger partial charge in [0, 0.05) is 0 Å². The summed E-state index contributed by atoms with van der Waals surface area (Å²) < 4.78 is 10.4. The maximum atomic E-state index is 9.90. The van der Waals surface area contributed by atoms with Crippen molar-refractivity contribution in [2.75, 3.05) is 14.2 Å². The molecule has 3 nitrogen and oxygen atoms in total. The van der Waals surface area contributed by atoms with Crippen molar-refractivity contribution in [1.82, 2.24) is 0 Å². The van der Waals surface area contributed by atoms with Gasteiger partial charge in [0.2, 0.25) is 0 Å². The van der Waals surface area contributed by atoms with Gasteiger partial charge in [0.25, 0.3) is 0 Å². The van der Waals surface area contributed by atoms with E-state index in [0.29, 0.717) is 11.5 Å². The fourth-order valence-corrected chi connectivity index (χ4v) is 1.51. The van der Waals surface area contributed by atoms with Gasteiger partial charge in [-0.2, -0.15) is 0 Å². The highest BCUT2D eigenvalue weighted by Gasteiger charge is 2.19. The summed E-state index contributed by atoms with van der Waals surface area (Å²) in [5.41, 5.74) is 0.899. The molecule has 0 saturated heterocycles. The molecule has 0 fully saturated rings. The van der Waals surface area contributed by atoms with E-state index in [-0.39, 0.29) is 0 Å². The van der Waals surface area contributed by atoms with Crippen LogP contribution in [-0.4, -0.2) is 19.3 Å². The van der Waals surface area contributed by atoms with Gasteiger partial charge in [-0.15, -0.1) is 0 Å². The Balaban J connectivity index is 3.32. The molecule has 0 atom stereocenters. The average Bonchev–Trinajstić information content (AvgIpc) is 2.15. The fourth-order valence-electron chi connectivity index (χ4n) is 1.51. The third-order valence-corrected chi connectivity index (χ3v) is 2.37. The molecule has 15 heavy (non-hydrogen) atoms. The van der Waals surface area contributed by atoms with Crippen LogP contribution in [0.25, 0.3) is 0 Å². The first kappa shape index (κ1) is 11.9. The zero-order valence-electron chi connectivity index (χ0n) is 9.92. The van der Waals surface area contributed by atoms with E-state index in [4.69, 9.17) is 9.47 Å². The summed E-state index contributed by atoms with van der Waals surface area (Å²) in [6, 6.07) is 3.70. The molecule has 0 saturated carbocycles. The topological polar surface area (TPSA) is 38.7 Å². The third-order valence-electron chi connectivity index (χ3n) is 2.37. The van der Waals surface area contributed by atoms with Crippen molar-refractivity contribution in [3.8, 4) is 11.5 Å². The van der Waals surface area contributed by atoms with Gasteiger partial charge in [-0.1, -0.05) is 0 Å². The van der Waals surface area contributed by atoms with Gasteiger partial charge >= 0.3 is 0 Å². The number of benzene rings is 1. The summed E-state index contributed by atoms with van der Waals surface area (Å²) in [6.07, 6.45) is 0. The Labute approximate surface area is 90.6 Å². The Kier molecular flexibility index (Phi) is 3.25. The highest BCUT2D eigenvalue weighted by Crippen LogP contribution is 2.35. The van der Waals surface area contributed by atoms with Crippen LogP contribution in [0.3, 0.4) is 0 Å². The van der Waals surface area contributed by atoms with E-state index in [9.17, 15) is 5.11 Å². The summed E-state index contributed by atoms with van der Waals surface area (Å²) in [4.78, 5) is 0. The standard InChI is InChI=1S/C12H18O3/c1-8-6-9(12(2,3)13)7-10(14-4)11(8)15-5/h6-7,13H,1-5H3. The van der Waals surface area contributed by atoms with Gasteiger partial charge in [0.15, 0.2) is 11.5 Å². The fraction of sp³-hybridized carbons (Fsp3) is 0.500. The summed E-state index contributed by atoms with van der Waals surface area (Å²) in [7, 11) is 3.19. The minimum Gasteiger partial charge on any atom is -0.493 e.